The Balaban J connectivity index is 2.19. The molecule has 4 nitrogen and oxygen atoms in total. The zero-order valence-corrected chi connectivity index (χ0v) is 13.2. The lowest BCUT2D eigenvalue weighted by molar-refractivity contribution is 0.601. The van der Waals surface area contributed by atoms with Gasteiger partial charge in [-0.2, -0.15) is 0 Å². The van der Waals surface area contributed by atoms with Crippen LogP contribution in [0.25, 0.3) is 0 Å². The van der Waals surface area contributed by atoms with E-state index in [0.717, 1.165) is 11.1 Å². The average Bonchev–Trinajstić information content (AvgIpc) is 2.41. The summed E-state index contributed by atoms with van der Waals surface area (Å²) < 4.78 is 27.1. The van der Waals surface area contributed by atoms with E-state index in [0.29, 0.717) is 17.1 Å². The first-order valence-corrected chi connectivity index (χ1v) is 8.23. The lowest BCUT2D eigenvalue weighted by Gasteiger charge is -2.09. The average molecular weight is 320 g/mol. The van der Waals surface area contributed by atoms with E-state index in [2.05, 4.69) is 4.72 Å². The van der Waals surface area contributed by atoms with Crippen LogP contribution in [0.2, 0.25) is 0 Å². The van der Waals surface area contributed by atoms with Crippen molar-refractivity contribution in [3.63, 3.8) is 0 Å². The summed E-state index contributed by atoms with van der Waals surface area (Å²) in [4.78, 5) is 0.582. The van der Waals surface area contributed by atoms with Gasteiger partial charge in [0.25, 0.3) is 10.0 Å². The number of nitrogens with one attached hydrogen (secondary N) is 1. The van der Waals surface area contributed by atoms with Crippen LogP contribution in [0.3, 0.4) is 0 Å². The molecule has 0 aliphatic carbocycles. The van der Waals surface area contributed by atoms with Gasteiger partial charge in [-0.3, -0.25) is 4.72 Å². The predicted molar refractivity (Wildman–Crippen MR) is 88.9 cm³/mol. The fourth-order valence-electron chi connectivity index (χ4n) is 1.82. The summed E-state index contributed by atoms with van der Waals surface area (Å²) in [5.74, 6) is 0. The standard InChI is InChI=1S/C15H16N2O2S2/c1-11-2-6-13(7-3-11)17-21(18,19)14-8-4-12(5-9-14)10-15(16)20/h2-9,17H,10H2,1H3,(H2,16,20). The summed E-state index contributed by atoms with van der Waals surface area (Å²) >= 11 is 4.83. The van der Waals surface area contributed by atoms with Crippen molar-refractivity contribution in [2.45, 2.75) is 18.2 Å². The highest BCUT2D eigenvalue weighted by Gasteiger charge is 2.13. The molecule has 2 aromatic rings. The Morgan fingerprint density at radius 2 is 1.67 bits per heavy atom. The minimum absolute atomic E-state index is 0.203. The van der Waals surface area contributed by atoms with E-state index < -0.39 is 10.0 Å². The summed E-state index contributed by atoms with van der Waals surface area (Å²) in [5, 5.41) is 0. The summed E-state index contributed by atoms with van der Waals surface area (Å²) in [6.45, 7) is 1.94. The topological polar surface area (TPSA) is 72.2 Å². The molecule has 3 N–H and O–H groups in total. The summed E-state index contributed by atoms with van der Waals surface area (Å²) in [6, 6.07) is 13.7. The van der Waals surface area contributed by atoms with E-state index in [1.54, 1.807) is 36.4 Å². The molecule has 0 amide bonds. The van der Waals surface area contributed by atoms with Gasteiger partial charge in [-0.05, 0) is 36.8 Å². The van der Waals surface area contributed by atoms with E-state index in [9.17, 15) is 8.42 Å². The lowest BCUT2D eigenvalue weighted by atomic mass is 10.1. The number of hydrogen-bond acceptors (Lipinski definition) is 3. The number of sulfonamides is 1. The molecule has 110 valence electrons. The van der Waals surface area contributed by atoms with Crippen LogP contribution in [0.1, 0.15) is 11.1 Å². The van der Waals surface area contributed by atoms with Gasteiger partial charge in [0.15, 0.2) is 0 Å². The molecule has 0 aromatic heterocycles. The van der Waals surface area contributed by atoms with Gasteiger partial charge in [0, 0.05) is 12.1 Å². The van der Waals surface area contributed by atoms with Crippen molar-refractivity contribution in [1.29, 1.82) is 0 Å². The Kier molecular flexibility index (Phi) is 4.59. The monoisotopic (exact) mass is 320 g/mol. The quantitative estimate of drug-likeness (QED) is 0.831. The molecular formula is C15H16N2O2S2. The maximum absolute atomic E-state index is 12.3. The molecule has 6 heteroatoms. The number of thiocarbonyl (C=S) groups is 1. The van der Waals surface area contributed by atoms with Crippen molar-refractivity contribution in [1.82, 2.24) is 0 Å². The SMILES string of the molecule is Cc1ccc(NS(=O)(=O)c2ccc(CC(N)=S)cc2)cc1. The van der Waals surface area contributed by atoms with Crippen molar-refractivity contribution in [2.75, 3.05) is 4.72 Å². The molecule has 21 heavy (non-hydrogen) atoms. The molecule has 0 aliphatic rings. The zero-order chi connectivity index (χ0) is 15.5. The van der Waals surface area contributed by atoms with E-state index in [1.165, 1.54) is 0 Å². The van der Waals surface area contributed by atoms with Crippen LogP contribution in [0.5, 0.6) is 0 Å². The molecule has 0 unspecified atom stereocenters. The minimum Gasteiger partial charge on any atom is -0.393 e. The van der Waals surface area contributed by atoms with Gasteiger partial charge in [0.2, 0.25) is 0 Å². The van der Waals surface area contributed by atoms with Gasteiger partial charge < -0.3 is 5.73 Å². The third kappa shape index (κ3) is 4.27. The van der Waals surface area contributed by atoms with Gasteiger partial charge in [0.05, 0.1) is 9.88 Å². The van der Waals surface area contributed by atoms with E-state index in [1.807, 2.05) is 19.1 Å². The third-order valence-corrected chi connectivity index (χ3v) is 4.46. The smallest absolute Gasteiger partial charge is 0.261 e. The molecule has 0 fully saturated rings. The minimum atomic E-state index is -3.59. The molecule has 0 spiro atoms. The van der Waals surface area contributed by atoms with Crippen LogP contribution in [0.4, 0.5) is 5.69 Å². The number of benzene rings is 2. The molecule has 0 bridgehead atoms. The highest BCUT2D eigenvalue weighted by molar-refractivity contribution is 7.92. The van der Waals surface area contributed by atoms with Gasteiger partial charge >= 0.3 is 0 Å². The van der Waals surface area contributed by atoms with Crippen LogP contribution < -0.4 is 10.5 Å². The molecule has 0 atom stereocenters. The van der Waals surface area contributed by atoms with Crippen LogP contribution in [0, 0.1) is 6.92 Å². The van der Waals surface area contributed by atoms with E-state index in [4.69, 9.17) is 18.0 Å². The van der Waals surface area contributed by atoms with Crippen molar-refractivity contribution >= 4 is 32.9 Å². The van der Waals surface area contributed by atoms with Crippen molar-refractivity contribution in [2.24, 2.45) is 5.73 Å². The normalized spacial score (nSPS) is 11.1. The Morgan fingerprint density at radius 1 is 1.10 bits per heavy atom. The van der Waals surface area contributed by atoms with Crippen LogP contribution in [-0.4, -0.2) is 13.4 Å². The first-order valence-electron chi connectivity index (χ1n) is 6.33. The van der Waals surface area contributed by atoms with Gasteiger partial charge in [-0.15, -0.1) is 0 Å². The van der Waals surface area contributed by atoms with Crippen molar-refractivity contribution in [3.05, 3.63) is 59.7 Å². The van der Waals surface area contributed by atoms with Crippen LogP contribution in [-0.2, 0) is 16.4 Å². The second-order valence-electron chi connectivity index (χ2n) is 4.76. The maximum atomic E-state index is 12.3. The van der Waals surface area contributed by atoms with Gasteiger partial charge in [0.1, 0.15) is 0 Å². The van der Waals surface area contributed by atoms with E-state index >= 15 is 0 Å². The van der Waals surface area contributed by atoms with Gasteiger partial charge in [-0.25, -0.2) is 8.42 Å². The van der Waals surface area contributed by atoms with Crippen molar-refractivity contribution < 1.29 is 8.42 Å². The maximum Gasteiger partial charge on any atom is 0.261 e. The zero-order valence-electron chi connectivity index (χ0n) is 11.5. The van der Waals surface area contributed by atoms with Gasteiger partial charge in [-0.1, -0.05) is 42.0 Å². The molecule has 0 radical (unpaired) electrons. The lowest BCUT2D eigenvalue weighted by Crippen LogP contribution is -2.14. The molecule has 0 saturated carbocycles. The Labute approximate surface area is 130 Å². The fourth-order valence-corrected chi connectivity index (χ4v) is 3.05. The highest BCUT2D eigenvalue weighted by Crippen LogP contribution is 2.17. The van der Waals surface area contributed by atoms with Crippen molar-refractivity contribution in [3.8, 4) is 0 Å². The number of aryl methyl sites for hydroxylation is 1. The Bertz CT molecular complexity index is 736. The Hall–Kier alpha value is -1.92. The number of nitrogens with two attached hydrogens (primary N) is 1. The fraction of sp³-hybridized carbons (Fsp3) is 0.133. The first kappa shape index (κ1) is 15.5. The molecule has 0 aliphatic heterocycles. The van der Waals surface area contributed by atoms with E-state index in [-0.39, 0.29) is 4.90 Å². The Morgan fingerprint density at radius 3 is 2.19 bits per heavy atom. The molecule has 0 saturated heterocycles. The number of anilines is 1. The number of hydrogen-bond donors (Lipinski definition) is 2. The van der Waals surface area contributed by atoms with Crippen LogP contribution >= 0.6 is 12.2 Å². The second kappa shape index (κ2) is 6.24. The molecule has 2 aromatic carbocycles. The summed E-state index contributed by atoms with van der Waals surface area (Å²) in [7, 11) is -3.59. The number of rotatable bonds is 5. The predicted octanol–water partition coefficient (Wildman–Crippen LogP) is 2.62. The molecule has 0 heterocycles. The summed E-state index contributed by atoms with van der Waals surface area (Å²) in [5.41, 5.74) is 7.95. The highest BCUT2D eigenvalue weighted by atomic mass is 32.2. The second-order valence-corrected chi connectivity index (χ2v) is 6.97. The largest absolute Gasteiger partial charge is 0.393 e. The third-order valence-electron chi connectivity index (χ3n) is 2.92. The summed E-state index contributed by atoms with van der Waals surface area (Å²) in [6.07, 6.45) is 0.459. The van der Waals surface area contributed by atoms with Crippen LogP contribution in [0.15, 0.2) is 53.4 Å². The first-order chi connectivity index (χ1) is 9.87. The molecule has 2 rings (SSSR count). The molecular weight excluding hydrogens is 304 g/mol.